The van der Waals surface area contributed by atoms with Crippen molar-refractivity contribution in [2.75, 3.05) is 25.4 Å². The third-order valence-electron chi connectivity index (χ3n) is 5.00. The number of aliphatic imine (C=N–C) groups is 1. The summed E-state index contributed by atoms with van der Waals surface area (Å²) in [5, 5.41) is 4.93. The maximum Gasteiger partial charge on any atom is 0.156 e. The lowest BCUT2D eigenvalue weighted by atomic mass is 9.86. The van der Waals surface area contributed by atoms with Crippen LogP contribution in [0.2, 0.25) is 0 Å². The number of likely N-dealkylation sites (tertiary alicyclic amines) is 1. The Balaban J connectivity index is 1.53. The number of nitrogens with one attached hydrogen (secondary N) is 1. The van der Waals surface area contributed by atoms with Gasteiger partial charge in [-0.25, -0.2) is 0 Å². The van der Waals surface area contributed by atoms with Gasteiger partial charge in [-0.3, -0.25) is 9.89 Å². The Hall–Kier alpha value is -0.220. The largest absolute Gasteiger partial charge is 0.362 e. The summed E-state index contributed by atoms with van der Waals surface area (Å²) in [4.78, 5) is 7.47. The summed E-state index contributed by atoms with van der Waals surface area (Å²) in [5.74, 6) is 2.19. The lowest BCUT2D eigenvalue weighted by molar-refractivity contribution is 0.272. The Morgan fingerprint density at radius 3 is 3.05 bits per heavy atom. The van der Waals surface area contributed by atoms with Gasteiger partial charge >= 0.3 is 0 Å². The zero-order chi connectivity index (χ0) is 13.1. The van der Waals surface area contributed by atoms with E-state index in [-0.39, 0.29) is 0 Å². The summed E-state index contributed by atoms with van der Waals surface area (Å²) in [5.41, 5.74) is 0. The first-order valence-corrected chi connectivity index (χ1v) is 9.03. The third-order valence-corrected chi connectivity index (χ3v) is 6.12. The van der Waals surface area contributed by atoms with Gasteiger partial charge in [-0.1, -0.05) is 31.5 Å². The number of likely N-dealkylation sites (N-methyl/N-ethyl adjacent to an activating group) is 1. The molecule has 0 aromatic carbocycles. The molecule has 0 spiro atoms. The van der Waals surface area contributed by atoms with E-state index < -0.39 is 0 Å². The first-order valence-electron chi connectivity index (χ1n) is 8.04. The van der Waals surface area contributed by atoms with E-state index in [9.17, 15) is 0 Å². The standard InChI is InChI=1S/C15H27N3S/c1-2-18-9-5-7-13(18)10-16-15-17-14-8-4-3-6-12(14)11-19-15/h12-14H,2-11H2,1H3,(H,16,17). The van der Waals surface area contributed by atoms with Crippen molar-refractivity contribution < 1.29 is 0 Å². The van der Waals surface area contributed by atoms with Gasteiger partial charge in [-0.2, -0.15) is 0 Å². The van der Waals surface area contributed by atoms with Gasteiger partial charge in [0, 0.05) is 17.8 Å². The molecule has 0 bridgehead atoms. The number of fused-ring (bicyclic) bond motifs is 1. The maximum absolute atomic E-state index is 4.88. The lowest BCUT2D eigenvalue weighted by Gasteiger charge is -2.37. The van der Waals surface area contributed by atoms with Crippen LogP contribution in [0.4, 0.5) is 0 Å². The van der Waals surface area contributed by atoms with E-state index in [1.165, 1.54) is 62.5 Å². The van der Waals surface area contributed by atoms with Crippen LogP contribution in [0.1, 0.15) is 45.4 Å². The first kappa shape index (κ1) is 13.7. The summed E-state index contributed by atoms with van der Waals surface area (Å²) in [6, 6.07) is 1.42. The molecule has 2 heterocycles. The molecule has 4 heteroatoms. The fourth-order valence-corrected chi connectivity index (χ4v) is 4.95. The molecule has 1 saturated carbocycles. The van der Waals surface area contributed by atoms with Crippen molar-refractivity contribution in [3.8, 4) is 0 Å². The van der Waals surface area contributed by atoms with Gasteiger partial charge in [-0.15, -0.1) is 0 Å². The van der Waals surface area contributed by atoms with E-state index in [1.54, 1.807) is 0 Å². The average Bonchev–Trinajstić information content (AvgIpc) is 2.92. The molecule has 2 aliphatic heterocycles. The summed E-state index contributed by atoms with van der Waals surface area (Å²) >= 11 is 1.96. The first-order chi connectivity index (χ1) is 9.36. The Kier molecular flexibility index (Phi) is 4.69. The predicted octanol–water partition coefficient (Wildman–Crippen LogP) is 2.72. The molecule has 3 unspecified atom stereocenters. The van der Waals surface area contributed by atoms with E-state index in [2.05, 4.69) is 17.1 Å². The van der Waals surface area contributed by atoms with Crippen LogP contribution in [0.25, 0.3) is 0 Å². The van der Waals surface area contributed by atoms with Crippen LogP contribution in [0.15, 0.2) is 4.99 Å². The van der Waals surface area contributed by atoms with Gasteiger partial charge in [0.2, 0.25) is 0 Å². The quantitative estimate of drug-likeness (QED) is 0.862. The highest BCUT2D eigenvalue weighted by atomic mass is 32.2. The Bertz CT molecular complexity index is 331. The molecule has 1 N–H and O–H groups in total. The van der Waals surface area contributed by atoms with Crippen molar-refractivity contribution >= 4 is 16.9 Å². The van der Waals surface area contributed by atoms with Gasteiger partial charge in [0.25, 0.3) is 0 Å². The van der Waals surface area contributed by atoms with Gasteiger partial charge in [-0.05, 0) is 44.7 Å². The number of rotatable bonds is 3. The second-order valence-electron chi connectivity index (χ2n) is 6.18. The van der Waals surface area contributed by atoms with Crippen molar-refractivity contribution in [3.05, 3.63) is 0 Å². The molecule has 3 nitrogen and oxygen atoms in total. The SMILES string of the molecule is CCN1CCCC1CN=C1NC2CCCCC2CS1. The molecule has 0 amide bonds. The molecule has 108 valence electrons. The van der Waals surface area contributed by atoms with Crippen LogP contribution < -0.4 is 5.32 Å². The number of hydrogen-bond donors (Lipinski definition) is 1. The van der Waals surface area contributed by atoms with Crippen molar-refractivity contribution in [2.24, 2.45) is 10.9 Å². The molecule has 0 radical (unpaired) electrons. The third kappa shape index (κ3) is 3.27. The Morgan fingerprint density at radius 1 is 1.26 bits per heavy atom. The normalized spacial score (nSPS) is 38.2. The molecule has 0 aromatic rings. The Labute approximate surface area is 121 Å². The molecule has 19 heavy (non-hydrogen) atoms. The minimum atomic E-state index is 0.698. The van der Waals surface area contributed by atoms with E-state index in [0.717, 1.165) is 18.5 Å². The average molecular weight is 281 g/mol. The van der Waals surface area contributed by atoms with Crippen molar-refractivity contribution in [3.63, 3.8) is 0 Å². The van der Waals surface area contributed by atoms with Crippen molar-refractivity contribution in [1.29, 1.82) is 0 Å². The minimum Gasteiger partial charge on any atom is -0.362 e. The molecule has 1 aliphatic carbocycles. The van der Waals surface area contributed by atoms with E-state index in [0.29, 0.717) is 6.04 Å². The highest BCUT2D eigenvalue weighted by molar-refractivity contribution is 8.13. The molecule has 3 atom stereocenters. The zero-order valence-corrected chi connectivity index (χ0v) is 12.9. The highest BCUT2D eigenvalue weighted by Gasteiger charge is 2.30. The number of amidine groups is 1. The second kappa shape index (κ2) is 6.49. The van der Waals surface area contributed by atoms with Gasteiger partial charge in [0.05, 0.1) is 6.54 Å². The predicted molar refractivity (Wildman–Crippen MR) is 83.9 cm³/mol. The molecule has 2 saturated heterocycles. The van der Waals surface area contributed by atoms with Crippen LogP contribution in [-0.4, -0.2) is 47.5 Å². The molecule has 3 aliphatic rings. The van der Waals surface area contributed by atoms with E-state index >= 15 is 0 Å². The van der Waals surface area contributed by atoms with Gasteiger partial charge in [0.15, 0.2) is 5.17 Å². The number of nitrogens with zero attached hydrogens (tertiary/aromatic N) is 2. The topological polar surface area (TPSA) is 27.6 Å². The fourth-order valence-electron chi connectivity index (χ4n) is 3.78. The fraction of sp³-hybridized carbons (Fsp3) is 0.933. The van der Waals surface area contributed by atoms with Gasteiger partial charge < -0.3 is 5.32 Å². The van der Waals surface area contributed by atoms with E-state index in [4.69, 9.17) is 4.99 Å². The zero-order valence-electron chi connectivity index (χ0n) is 12.1. The molecule has 3 fully saturated rings. The lowest BCUT2D eigenvalue weighted by Crippen LogP contribution is -2.46. The van der Waals surface area contributed by atoms with Crippen LogP contribution in [0.5, 0.6) is 0 Å². The van der Waals surface area contributed by atoms with Crippen LogP contribution in [-0.2, 0) is 0 Å². The number of hydrogen-bond acceptors (Lipinski definition) is 3. The highest BCUT2D eigenvalue weighted by Crippen LogP contribution is 2.31. The van der Waals surface area contributed by atoms with Gasteiger partial charge in [0.1, 0.15) is 0 Å². The summed E-state index contributed by atoms with van der Waals surface area (Å²) in [6.07, 6.45) is 8.30. The second-order valence-corrected chi connectivity index (χ2v) is 7.19. The molecular formula is C15H27N3S. The maximum atomic E-state index is 4.88. The monoisotopic (exact) mass is 281 g/mol. The van der Waals surface area contributed by atoms with Crippen LogP contribution >= 0.6 is 11.8 Å². The van der Waals surface area contributed by atoms with Crippen LogP contribution in [0.3, 0.4) is 0 Å². The number of thioether (sulfide) groups is 1. The molecule has 0 aromatic heterocycles. The summed E-state index contributed by atoms with van der Waals surface area (Å²) in [6.45, 7) is 5.73. The summed E-state index contributed by atoms with van der Waals surface area (Å²) < 4.78 is 0. The van der Waals surface area contributed by atoms with Crippen molar-refractivity contribution in [1.82, 2.24) is 10.2 Å². The van der Waals surface area contributed by atoms with Crippen LogP contribution in [0, 0.1) is 5.92 Å². The smallest absolute Gasteiger partial charge is 0.156 e. The molecular weight excluding hydrogens is 254 g/mol. The summed E-state index contributed by atoms with van der Waals surface area (Å²) in [7, 11) is 0. The molecule has 3 rings (SSSR count). The minimum absolute atomic E-state index is 0.698. The van der Waals surface area contributed by atoms with Crippen molar-refractivity contribution in [2.45, 2.75) is 57.5 Å². The van der Waals surface area contributed by atoms with E-state index in [1.807, 2.05) is 11.8 Å². The Morgan fingerprint density at radius 2 is 2.16 bits per heavy atom.